The van der Waals surface area contributed by atoms with Crippen molar-refractivity contribution in [2.45, 2.75) is 53.1 Å². The number of imidazole rings is 1. The summed E-state index contributed by atoms with van der Waals surface area (Å²) in [5, 5.41) is 0. The first-order valence-electron chi connectivity index (χ1n) is 5.63. The fourth-order valence-electron chi connectivity index (χ4n) is 1.43. The van der Waals surface area contributed by atoms with E-state index in [0.717, 1.165) is 18.7 Å². The number of aryl methyl sites for hydroxylation is 1. The third kappa shape index (κ3) is 4.98. The Bertz CT molecular complexity index is 294. The zero-order valence-corrected chi connectivity index (χ0v) is 10.3. The van der Waals surface area contributed by atoms with Crippen LogP contribution in [0.2, 0.25) is 0 Å². The minimum Gasteiger partial charge on any atom is -0.337 e. The molecule has 1 heterocycles. The quantitative estimate of drug-likeness (QED) is 0.826. The van der Waals surface area contributed by atoms with Gasteiger partial charge < -0.3 is 10.3 Å². The van der Waals surface area contributed by atoms with Gasteiger partial charge in [-0.25, -0.2) is 4.98 Å². The summed E-state index contributed by atoms with van der Waals surface area (Å²) in [7, 11) is 0. The standard InChI is InChI=1S/C12H23N3/c1-10(13)7-11-8-15(9-14-11)6-5-12(2,3)4/h8-10H,5-7,13H2,1-4H3. The molecule has 0 aliphatic rings. The highest BCUT2D eigenvalue weighted by Crippen LogP contribution is 2.19. The van der Waals surface area contributed by atoms with Crippen LogP contribution >= 0.6 is 0 Å². The number of aromatic nitrogens is 2. The van der Waals surface area contributed by atoms with Crippen molar-refractivity contribution in [1.82, 2.24) is 9.55 Å². The summed E-state index contributed by atoms with van der Waals surface area (Å²) in [6, 6.07) is 0.191. The highest BCUT2D eigenvalue weighted by atomic mass is 15.0. The van der Waals surface area contributed by atoms with Crippen LogP contribution in [0.25, 0.3) is 0 Å². The largest absolute Gasteiger partial charge is 0.337 e. The van der Waals surface area contributed by atoms with Crippen LogP contribution in [0.3, 0.4) is 0 Å². The zero-order chi connectivity index (χ0) is 11.5. The van der Waals surface area contributed by atoms with Crippen LogP contribution in [-0.4, -0.2) is 15.6 Å². The zero-order valence-electron chi connectivity index (χ0n) is 10.3. The molecule has 0 aliphatic heterocycles. The Labute approximate surface area is 92.7 Å². The molecule has 0 bridgehead atoms. The Balaban J connectivity index is 2.46. The van der Waals surface area contributed by atoms with Crippen LogP contribution in [-0.2, 0) is 13.0 Å². The van der Waals surface area contributed by atoms with Crippen LogP contribution in [0, 0.1) is 5.41 Å². The number of hydrogen-bond acceptors (Lipinski definition) is 2. The topological polar surface area (TPSA) is 43.8 Å². The molecule has 0 aliphatic carbocycles. The molecule has 2 N–H and O–H groups in total. The van der Waals surface area contributed by atoms with E-state index < -0.39 is 0 Å². The SMILES string of the molecule is CC(N)Cc1cn(CCC(C)(C)C)cn1. The third-order valence-electron chi connectivity index (χ3n) is 2.34. The summed E-state index contributed by atoms with van der Waals surface area (Å²) in [5.74, 6) is 0. The normalized spacial score (nSPS) is 14.2. The van der Waals surface area contributed by atoms with Crippen LogP contribution in [0.1, 0.15) is 39.8 Å². The first-order valence-corrected chi connectivity index (χ1v) is 5.63. The van der Waals surface area contributed by atoms with Crippen molar-refractivity contribution in [2.24, 2.45) is 11.1 Å². The van der Waals surface area contributed by atoms with Crippen molar-refractivity contribution in [2.75, 3.05) is 0 Å². The van der Waals surface area contributed by atoms with Gasteiger partial charge in [-0.05, 0) is 18.8 Å². The molecule has 3 nitrogen and oxygen atoms in total. The highest BCUT2D eigenvalue weighted by molar-refractivity contribution is 4.98. The number of nitrogens with two attached hydrogens (primary N) is 1. The molecule has 0 saturated carbocycles. The molecule has 1 aromatic rings. The minimum absolute atomic E-state index is 0.191. The van der Waals surface area contributed by atoms with Gasteiger partial charge in [-0.15, -0.1) is 0 Å². The lowest BCUT2D eigenvalue weighted by Crippen LogP contribution is -2.17. The number of nitrogens with zero attached hydrogens (tertiary/aromatic N) is 2. The smallest absolute Gasteiger partial charge is 0.0949 e. The Hall–Kier alpha value is -0.830. The van der Waals surface area contributed by atoms with E-state index in [-0.39, 0.29) is 6.04 Å². The summed E-state index contributed by atoms with van der Waals surface area (Å²) in [4.78, 5) is 4.34. The molecule has 1 rings (SSSR count). The van der Waals surface area contributed by atoms with Crippen LogP contribution < -0.4 is 5.73 Å². The van der Waals surface area contributed by atoms with Crippen molar-refractivity contribution in [3.8, 4) is 0 Å². The average Bonchev–Trinajstić information content (AvgIpc) is 2.46. The molecule has 86 valence electrons. The molecule has 0 fully saturated rings. The predicted molar refractivity (Wildman–Crippen MR) is 63.7 cm³/mol. The molecule has 1 aromatic heterocycles. The van der Waals surface area contributed by atoms with E-state index in [1.54, 1.807) is 0 Å². The minimum atomic E-state index is 0.191. The van der Waals surface area contributed by atoms with E-state index >= 15 is 0 Å². The maximum atomic E-state index is 5.73. The molecule has 0 saturated heterocycles. The third-order valence-corrected chi connectivity index (χ3v) is 2.34. The van der Waals surface area contributed by atoms with Crippen LogP contribution in [0.5, 0.6) is 0 Å². The Morgan fingerprint density at radius 3 is 2.67 bits per heavy atom. The van der Waals surface area contributed by atoms with Gasteiger partial charge in [0.1, 0.15) is 0 Å². The Kier molecular flexibility index (Phi) is 3.91. The van der Waals surface area contributed by atoms with E-state index in [0.29, 0.717) is 5.41 Å². The maximum Gasteiger partial charge on any atom is 0.0949 e. The van der Waals surface area contributed by atoms with Crippen molar-refractivity contribution in [3.05, 3.63) is 18.2 Å². The first-order chi connectivity index (χ1) is 6.87. The molecule has 3 heteroatoms. The molecule has 0 amide bonds. The van der Waals surface area contributed by atoms with E-state index in [9.17, 15) is 0 Å². The molecule has 15 heavy (non-hydrogen) atoms. The molecule has 0 radical (unpaired) electrons. The maximum absolute atomic E-state index is 5.73. The fraction of sp³-hybridized carbons (Fsp3) is 0.750. The van der Waals surface area contributed by atoms with Crippen LogP contribution in [0.4, 0.5) is 0 Å². The molecule has 1 unspecified atom stereocenters. The molecular formula is C12H23N3. The fourth-order valence-corrected chi connectivity index (χ4v) is 1.43. The van der Waals surface area contributed by atoms with E-state index in [1.807, 2.05) is 13.3 Å². The monoisotopic (exact) mass is 209 g/mol. The molecule has 0 spiro atoms. The van der Waals surface area contributed by atoms with E-state index in [4.69, 9.17) is 5.73 Å². The summed E-state index contributed by atoms with van der Waals surface area (Å²) in [6.07, 6.45) is 6.04. The van der Waals surface area contributed by atoms with Gasteiger partial charge >= 0.3 is 0 Å². The highest BCUT2D eigenvalue weighted by Gasteiger charge is 2.10. The number of hydrogen-bond donors (Lipinski definition) is 1. The van der Waals surface area contributed by atoms with Gasteiger partial charge in [-0.2, -0.15) is 0 Å². The van der Waals surface area contributed by atoms with Gasteiger partial charge in [0.25, 0.3) is 0 Å². The van der Waals surface area contributed by atoms with Crippen molar-refractivity contribution in [1.29, 1.82) is 0 Å². The average molecular weight is 209 g/mol. The molecule has 1 atom stereocenters. The second kappa shape index (κ2) is 4.79. The van der Waals surface area contributed by atoms with E-state index in [2.05, 4.69) is 36.5 Å². The van der Waals surface area contributed by atoms with Gasteiger partial charge in [-0.3, -0.25) is 0 Å². The summed E-state index contributed by atoms with van der Waals surface area (Å²) in [6.45, 7) is 9.82. The second-order valence-electron chi connectivity index (χ2n) is 5.59. The van der Waals surface area contributed by atoms with Crippen molar-refractivity contribution < 1.29 is 0 Å². The summed E-state index contributed by atoms with van der Waals surface area (Å²) in [5.41, 5.74) is 7.20. The lowest BCUT2D eigenvalue weighted by Gasteiger charge is -2.17. The van der Waals surface area contributed by atoms with Crippen molar-refractivity contribution in [3.63, 3.8) is 0 Å². The van der Waals surface area contributed by atoms with Crippen LogP contribution in [0.15, 0.2) is 12.5 Å². The van der Waals surface area contributed by atoms with Gasteiger partial charge in [0.05, 0.1) is 12.0 Å². The summed E-state index contributed by atoms with van der Waals surface area (Å²) >= 11 is 0. The Morgan fingerprint density at radius 2 is 2.13 bits per heavy atom. The van der Waals surface area contributed by atoms with Gasteiger partial charge in [0, 0.05) is 25.2 Å². The van der Waals surface area contributed by atoms with E-state index in [1.165, 1.54) is 6.42 Å². The van der Waals surface area contributed by atoms with Crippen molar-refractivity contribution >= 4 is 0 Å². The molecule has 0 aromatic carbocycles. The first kappa shape index (κ1) is 12.2. The van der Waals surface area contributed by atoms with Gasteiger partial charge in [0.15, 0.2) is 0 Å². The molecular weight excluding hydrogens is 186 g/mol. The van der Waals surface area contributed by atoms with Gasteiger partial charge in [-0.1, -0.05) is 20.8 Å². The summed E-state index contributed by atoms with van der Waals surface area (Å²) < 4.78 is 2.16. The van der Waals surface area contributed by atoms with Gasteiger partial charge in [0.2, 0.25) is 0 Å². The lowest BCUT2D eigenvalue weighted by molar-refractivity contribution is 0.350. The number of rotatable bonds is 4. The predicted octanol–water partition coefficient (Wildman–Crippen LogP) is 2.21. The Morgan fingerprint density at radius 1 is 1.47 bits per heavy atom. The lowest BCUT2D eigenvalue weighted by atomic mass is 9.92. The second-order valence-corrected chi connectivity index (χ2v) is 5.59.